The number of ether oxygens (including phenoxy) is 2. The number of carbonyl (C=O) groups is 1. The number of benzene rings is 3. The number of fused-ring (bicyclic) bond motifs is 2. The number of nitrogens with zero attached hydrogens (tertiary/aromatic N) is 2. The van der Waals surface area contributed by atoms with Crippen LogP contribution in [-0.2, 0) is 17.8 Å². The van der Waals surface area contributed by atoms with Crippen LogP contribution in [0.25, 0.3) is 5.69 Å². The Labute approximate surface area is 194 Å². The molecular weight excluding hydrogens is 442 g/mol. The fraction of sp³-hybridized carbons (Fsp3) is 0.120. The van der Waals surface area contributed by atoms with E-state index in [0.29, 0.717) is 45.8 Å². The normalized spacial score (nSPS) is 11.8. The maximum atomic E-state index is 13.4. The molecule has 0 aliphatic carbocycles. The van der Waals surface area contributed by atoms with Crippen LogP contribution in [0, 0.1) is 0 Å². The van der Waals surface area contributed by atoms with E-state index in [4.69, 9.17) is 21.1 Å². The predicted molar refractivity (Wildman–Crippen MR) is 126 cm³/mol. The predicted octanol–water partition coefficient (Wildman–Crippen LogP) is 4.64. The Hall–Kier alpha value is -3.97. The molecule has 0 fully saturated rings. The monoisotopic (exact) mass is 461 g/mol. The Bertz CT molecular complexity index is 1410. The lowest BCUT2D eigenvalue weighted by atomic mass is 10.0. The third-order valence-corrected chi connectivity index (χ3v) is 5.76. The molecule has 1 aliphatic rings. The van der Waals surface area contributed by atoms with Crippen molar-refractivity contribution in [2.75, 3.05) is 12.4 Å². The van der Waals surface area contributed by atoms with E-state index in [1.807, 2.05) is 54.6 Å². The van der Waals surface area contributed by atoms with Crippen LogP contribution in [0.4, 0.5) is 5.69 Å². The molecule has 8 heteroatoms. The molecule has 1 aromatic heterocycles. The Morgan fingerprint density at radius 3 is 2.61 bits per heavy atom. The third-order valence-electron chi connectivity index (χ3n) is 5.46. The second kappa shape index (κ2) is 8.52. The molecule has 33 heavy (non-hydrogen) atoms. The lowest BCUT2D eigenvalue weighted by Crippen LogP contribution is -2.27. The molecule has 1 aliphatic heterocycles. The van der Waals surface area contributed by atoms with Crippen molar-refractivity contribution < 1.29 is 14.3 Å². The van der Waals surface area contributed by atoms with Gasteiger partial charge in [0.2, 0.25) is 11.8 Å². The lowest BCUT2D eigenvalue weighted by molar-refractivity contribution is -0.117. The van der Waals surface area contributed by atoms with Gasteiger partial charge in [0.1, 0.15) is 18.0 Å². The van der Waals surface area contributed by atoms with E-state index in [0.717, 1.165) is 5.56 Å². The molecule has 0 radical (unpaired) electrons. The van der Waals surface area contributed by atoms with Crippen LogP contribution in [0.3, 0.4) is 0 Å². The topological polar surface area (TPSA) is 74.5 Å². The van der Waals surface area contributed by atoms with Crippen LogP contribution < -0.4 is 20.3 Å². The fourth-order valence-electron chi connectivity index (χ4n) is 3.93. The molecular formula is C25H20ClN3O4. The molecule has 4 aromatic rings. The van der Waals surface area contributed by atoms with Crippen molar-refractivity contribution in [3.05, 3.63) is 99.3 Å². The van der Waals surface area contributed by atoms with Crippen LogP contribution in [0.15, 0.2) is 77.6 Å². The van der Waals surface area contributed by atoms with Gasteiger partial charge in [-0.05, 0) is 42.0 Å². The number of amides is 1. The SMILES string of the molecule is COc1ccc(NC(=O)Cn2c3c(c(=O)n2-c2ccccc2)Cc2ccccc2O3)cc1Cl. The van der Waals surface area contributed by atoms with Gasteiger partial charge in [-0.25, -0.2) is 9.36 Å². The smallest absolute Gasteiger partial charge is 0.278 e. The molecule has 1 amide bonds. The van der Waals surface area contributed by atoms with E-state index < -0.39 is 0 Å². The van der Waals surface area contributed by atoms with Crippen molar-refractivity contribution in [3.63, 3.8) is 0 Å². The van der Waals surface area contributed by atoms with E-state index in [9.17, 15) is 9.59 Å². The molecule has 0 saturated heterocycles. The second-order valence-corrected chi connectivity index (χ2v) is 7.99. The number of nitrogens with one attached hydrogen (secondary N) is 1. The summed E-state index contributed by atoms with van der Waals surface area (Å²) in [4.78, 5) is 26.4. The summed E-state index contributed by atoms with van der Waals surface area (Å²) in [7, 11) is 1.52. The summed E-state index contributed by atoms with van der Waals surface area (Å²) >= 11 is 6.18. The van der Waals surface area contributed by atoms with E-state index in [1.165, 1.54) is 11.8 Å². The first-order valence-corrected chi connectivity index (χ1v) is 10.7. The van der Waals surface area contributed by atoms with Crippen LogP contribution in [0.1, 0.15) is 11.1 Å². The molecule has 166 valence electrons. The number of hydrogen-bond acceptors (Lipinski definition) is 4. The zero-order valence-corrected chi connectivity index (χ0v) is 18.5. The van der Waals surface area contributed by atoms with Gasteiger partial charge in [0.25, 0.3) is 5.56 Å². The zero-order valence-electron chi connectivity index (χ0n) is 17.7. The van der Waals surface area contributed by atoms with Crippen LogP contribution in [-0.4, -0.2) is 22.4 Å². The first-order chi connectivity index (χ1) is 16.0. The Balaban J connectivity index is 1.53. The van der Waals surface area contributed by atoms with E-state index in [-0.39, 0.29) is 18.0 Å². The van der Waals surface area contributed by atoms with Crippen LogP contribution in [0.2, 0.25) is 5.02 Å². The standard InChI is InChI=1S/C25H20ClN3O4/c1-32-22-12-11-17(14-20(22)26)27-23(30)15-28-25-19(13-16-7-5-6-10-21(16)33-25)24(31)29(28)18-8-3-2-4-9-18/h2-12,14H,13,15H2,1H3,(H,27,30). The lowest BCUT2D eigenvalue weighted by Gasteiger charge is -2.19. The number of hydrogen-bond donors (Lipinski definition) is 1. The number of rotatable bonds is 5. The van der Waals surface area contributed by atoms with Gasteiger partial charge in [-0.15, -0.1) is 0 Å². The van der Waals surface area contributed by atoms with Crippen molar-refractivity contribution in [2.24, 2.45) is 0 Å². The maximum absolute atomic E-state index is 13.4. The molecule has 0 unspecified atom stereocenters. The summed E-state index contributed by atoms with van der Waals surface area (Å²) in [6, 6.07) is 21.7. The van der Waals surface area contributed by atoms with Crippen molar-refractivity contribution in [1.29, 1.82) is 0 Å². The minimum absolute atomic E-state index is 0.134. The highest BCUT2D eigenvalue weighted by Gasteiger charge is 2.29. The second-order valence-electron chi connectivity index (χ2n) is 7.58. The average Bonchev–Trinajstić information content (AvgIpc) is 3.08. The largest absolute Gasteiger partial charge is 0.495 e. The number of anilines is 1. The first kappa shape index (κ1) is 20.9. The summed E-state index contributed by atoms with van der Waals surface area (Å²) in [5, 5.41) is 3.21. The molecule has 5 rings (SSSR count). The number of carbonyl (C=O) groups excluding carboxylic acids is 1. The van der Waals surface area contributed by atoms with Gasteiger partial charge in [-0.3, -0.25) is 9.59 Å². The van der Waals surface area contributed by atoms with Gasteiger partial charge in [0.05, 0.1) is 23.4 Å². The highest BCUT2D eigenvalue weighted by atomic mass is 35.5. The number of para-hydroxylation sites is 2. The van der Waals surface area contributed by atoms with E-state index in [1.54, 1.807) is 22.9 Å². The summed E-state index contributed by atoms with van der Waals surface area (Å²) in [6.45, 7) is -0.134. The van der Waals surface area contributed by atoms with E-state index >= 15 is 0 Å². The first-order valence-electron chi connectivity index (χ1n) is 10.3. The molecule has 0 saturated carbocycles. The molecule has 3 aromatic carbocycles. The Morgan fingerprint density at radius 2 is 1.85 bits per heavy atom. The van der Waals surface area contributed by atoms with Crippen molar-refractivity contribution >= 4 is 23.2 Å². The minimum Gasteiger partial charge on any atom is -0.495 e. The number of halogens is 1. The molecule has 0 atom stereocenters. The van der Waals surface area contributed by atoms with Crippen molar-refractivity contribution in [3.8, 4) is 23.1 Å². The van der Waals surface area contributed by atoms with Gasteiger partial charge in [-0.2, -0.15) is 0 Å². The maximum Gasteiger partial charge on any atom is 0.278 e. The zero-order chi connectivity index (χ0) is 22.9. The molecule has 0 spiro atoms. The molecule has 1 N–H and O–H groups in total. The van der Waals surface area contributed by atoms with Gasteiger partial charge < -0.3 is 14.8 Å². The molecule has 0 bridgehead atoms. The number of methoxy groups -OCH3 is 1. The summed E-state index contributed by atoms with van der Waals surface area (Å²) < 4.78 is 14.3. The van der Waals surface area contributed by atoms with Crippen LogP contribution >= 0.6 is 11.6 Å². The third kappa shape index (κ3) is 3.87. The minimum atomic E-state index is -0.332. The van der Waals surface area contributed by atoms with Crippen LogP contribution in [0.5, 0.6) is 17.4 Å². The summed E-state index contributed by atoms with van der Waals surface area (Å²) in [6.07, 6.45) is 0.430. The quantitative estimate of drug-likeness (QED) is 0.414. The number of aromatic nitrogens is 2. The summed E-state index contributed by atoms with van der Waals surface area (Å²) in [5.74, 6) is 1.22. The van der Waals surface area contributed by atoms with Gasteiger partial charge in [-0.1, -0.05) is 48.0 Å². The van der Waals surface area contributed by atoms with E-state index in [2.05, 4.69) is 5.32 Å². The van der Waals surface area contributed by atoms with Gasteiger partial charge in [0, 0.05) is 12.1 Å². The fourth-order valence-corrected chi connectivity index (χ4v) is 4.19. The molecule has 2 heterocycles. The Morgan fingerprint density at radius 1 is 1.09 bits per heavy atom. The Kier molecular flexibility index (Phi) is 5.40. The summed E-state index contributed by atoms with van der Waals surface area (Å²) in [5.41, 5.74) is 2.39. The van der Waals surface area contributed by atoms with Gasteiger partial charge >= 0.3 is 0 Å². The highest BCUT2D eigenvalue weighted by Crippen LogP contribution is 2.36. The molecule has 7 nitrogen and oxygen atoms in total. The van der Waals surface area contributed by atoms with Gasteiger partial charge in [0.15, 0.2) is 0 Å². The average molecular weight is 462 g/mol. The van der Waals surface area contributed by atoms with Crippen molar-refractivity contribution in [2.45, 2.75) is 13.0 Å². The highest BCUT2D eigenvalue weighted by molar-refractivity contribution is 6.32. The van der Waals surface area contributed by atoms with Crippen molar-refractivity contribution in [1.82, 2.24) is 9.36 Å².